The summed E-state index contributed by atoms with van der Waals surface area (Å²) in [5.74, 6) is 1.77. The SMILES string of the molecule is [C-]#[N+]c1ccc2c(c1)c1cc(-c3nc(-c4ccc(-c5ccccc5)cc4)nc(-c4ccc(-c5ccccc5)cc4)n3)ccc1n2-c1ccc2ccccc2c1. The summed E-state index contributed by atoms with van der Waals surface area (Å²) in [5, 5.41) is 4.38. The fraction of sp³-hybridized carbons (Fsp3) is 0. The molecule has 0 fully saturated rings. The van der Waals surface area contributed by atoms with Gasteiger partial charge in [-0.15, -0.1) is 0 Å². The van der Waals surface area contributed by atoms with Gasteiger partial charge in [-0.3, -0.25) is 0 Å². The molecule has 256 valence electrons. The highest BCUT2D eigenvalue weighted by atomic mass is 15.0. The molecule has 0 aliphatic heterocycles. The van der Waals surface area contributed by atoms with Crippen LogP contribution in [0.2, 0.25) is 0 Å². The Morgan fingerprint density at radius 2 is 0.818 bits per heavy atom. The normalized spacial score (nSPS) is 11.3. The topological polar surface area (TPSA) is 48.0 Å². The maximum absolute atomic E-state index is 7.79. The van der Waals surface area contributed by atoms with E-state index in [0.717, 1.165) is 66.4 Å². The minimum atomic E-state index is 0.578. The Hall–Kier alpha value is -7.68. The lowest BCUT2D eigenvalue weighted by Gasteiger charge is -2.11. The van der Waals surface area contributed by atoms with Crippen LogP contribution in [-0.2, 0) is 0 Å². The molecule has 0 amide bonds. The summed E-state index contributed by atoms with van der Waals surface area (Å²) in [7, 11) is 0. The van der Waals surface area contributed by atoms with E-state index >= 15 is 0 Å². The van der Waals surface area contributed by atoms with E-state index in [0.29, 0.717) is 23.2 Å². The first-order valence-electron chi connectivity index (χ1n) is 18.2. The van der Waals surface area contributed by atoms with E-state index in [1.54, 1.807) is 0 Å². The number of hydrogen-bond acceptors (Lipinski definition) is 3. The Morgan fingerprint density at radius 1 is 0.364 bits per heavy atom. The molecule has 8 aromatic carbocycles. The zero-order valence-electron chi connectivity index (χ0n) is 29.6. The molecule has 0 saturated heterocycles. The Kier molecular flexibility index (Phi) is 7.79. The minimum Gasteiger partial charge on any atom is -0.309 e. The van der Waals surface area contributed by atoms with Gasteiger partial charge in [-0.2, -0.15) is 0 Å². The Bertz CT molecular complexity index is 2970. The third-order valence-corrected chi connectivity index (χ3v) is 10.3. The molecule has 0 unspecified atom stereocenters. The van der Waals surface area contributed by atoms with Crippen molar-refractivity contribution in [1.29, 1.82) is 0 Å². The summed E-state index contributed by atoms with van der Waals surface area (Å²) in [5.41, 5.74) is 11.0. The van der Waals surface area contributed by atoms with Crippen LogP contribution < -0.4 is 0 Å². The molecular weight excluding hydrogens is 671 g/mol. The van der Waals surface area contributed by atoms with E-state index in [2.05, 4.69) is 173 Å². The van der Waals surface area contributed by atoms with E-state index in [9.17, 15) is 0 Å². The Balaban J connectivity index is 1.14. The maximum atomic E-state index is 7.79. The third-order valence-electron chi connectivity index (χ3n) is 10.3. The second-order valence-electron chi connectivity index (χ2n) is 13.6. The fourth-order valence-electron chi connectivity index (χ4n) is 7.46. The van der Waals surface area contributed by atoms with Gasteiger partial charge in [-0.05, 0) is 80.9 Å². The van der Waals surface area contributed by atoms with Gasteiger partial charge < -0.3 is 4.57 Å². The summed E-state index contributed by atoms with van der Waals surface area (Å²) in [4.78, 5) is 19.0. The number of hydrogen-bond donors (Lipinski definition) is 0. The van der Waals surface area contributed by atoms with Crippen LogP contribution in [0.15, 0.2) is 188 Å². The van der Waals surface area contributed by atoms with Crippen molar-refractivity contribution in [2.24, 2.45) is 0 Å². The third kappa shape index (κ3) is 5.89. The molecule has 55 heavy (non-hydrogen) atoms. The lowest BCUT2D eigenvalue weighted by molar-refractivity contribution is 1.07. The maximum Gasteiger partial charge on any atom is 0.188 e. The largest absolute Gasteiger partial charge is 0.309 e. The van der Waals surface area contributed by atoms with Crippen molar-refractivity contribution in [3.05, 3.63) is 199 Å². The zero-order valence-corrected chi connectivity index (χ0v) is 29.6. The number of rotatable bonds is 6. The quantitative estimate of drug-likeness (QED) is 0.162. The van der Waals surface area contributed by atoms with Crippen molar-refractivity contribution in [3.63, 3.8) is 0 Å². The smallest absolute Gasteiger partial charge is 0.188 e. The average molecular weight is 702 g/mol. The molecule has 0 bridgehead atoms. The lowest BCUT2D eigenvalue weighted by atomic mass is 10.0. The van der Waals surface area contributed by atoms with Gasteiger partial charge in [0.05, 0.1) is 17.6 Å². The van der Waals surface area contributed by atoms with E-state index < -0.39 is 0 Å². The van der Waals surface area contributed by atoms with Gasteiger partial charge >= 0.3 is 0 Å². The predicted molar refractivity (Wildman–Crippen MR) is 225 cm³/mol. The van der Waals surface area contributed by atoms with E-state index in [1.165, 1.54) is 10.8 Å². The molecule has 0 atom stereocenters. The van der Waals surface area contributed by atoms with Crippen LogP contribution in [0.5, 0.6) is 0 Å². The molecule has 10 aromatic rings. The Morgan fingerprint density at radius 3 is 1.40 bits per heavy atom. The van der Waals surface area contributed by atoms with Crippen LogP contribution >= 0.6 is 0 Å². The highest BCUT2D eigenvalue weighted by molar-refractivity contribution is 6.11. The molecule has 5 nitrogen and oxygen atoms in total. The summed E-state index contributed by atoms with van der Waals surface area (Å²) >= 11 is 0. The van der Waals surface area contributed by atoms with Crippen LogP contribution in [0, 0.1) is 6.57 Å². The molecule has 10 rings (SSSR count). The molecule has 0 saturated carbocycles. The molecule has 5 heteroatoms. The average Bonchev–Trinajstić information content (AvgIpc) is 3.59. The minimum absolute atomic E-state index is 0.578. The number of aromatic nitrogens is 4. The van der Waals surface area contributed by atoms with E-state index in [1.807, 2.05) is 24.3 Å². The summed E-state index contributed by atoms with van der Waals surface area (Å²) in [6.07, 6.45) is 0. The van der Waals surface area contributed by atoms with Crippen molar-refractivity contribution < 1.29 is 0 Å². The summed E-state index contributed by atoms with van der Waals surface area (Å²) < 4.78 is 2.28. The van der Waals surface area contributed by atoms with E-state index in [4.69, 9.17) is 21.5 Å². The van der Waals surface area contributed by atoms with Crippen molar-refractivity contribution >= 4 is 38.3 Å². The lowest BCUT2D eigenvalue weighted by Crippen LogP contribution is -2.00. The molecule has 0 radical (unpaired) electrons. The molecule has 0 N–H and O–H groups in total. The number of nitrogens with zero attached hydrogens (tertiary/aromatic N) is 5. The van der Waals surface area contributed by atoms with Crippen LogP contribution in [0.4, 0.5) is 5.69 Å². The van der Waals surface area contributed by atoms with Crippen molar-refractivity contribution in [2.75, 3.05) is 0 Å². The van der Waals surface area contributed by atoms with Crippen LogP contribution in [0.1, 0.15) is 0 Å². The first-order valence-corrected chi connectivity index (χ1v) is 18.2. The highest BCUT2D eigenvalue weighted by Gasteiger charge is 2.18. The molecule has 0 aliphatic rings. The standard InChI is InChI=1S/C50H31N5/c1-51-42-26-29-47-45(32-42)44-31-41(25-28-46(44)55(47)43-27-24-35-14-8-9-15-40(35)30-43)50-53-48(38-20-16-36(17-21-38)33-10-4-2-5-11-33)52-49(54-50)39-22-18-37(19-23-39)34-12-6-3-7-13-34/h2-32H. The van der Waals surface area contributed by atoms with Crippen LogP contribution in [0.25, 0.3) is 99.5 Å². The van der Waals surface area contributed by atoms with Gasteiger partial charge in [-0.1, -0.05) is 146 Å². The summed E-state index contributed by atoms with van der Waals surface area (Å²) in [6.45, 7) is 7.79. The van der Waals surface area contributed by atoms with Gasteiger partial charge in [0.2, 0.25) is 0 Å². The number of fused-ring (bicyclic) bond motifs is 4. The van der Waals surface area contributed by atoms with Crippen molar-refractivity contribution in [3.8, 4) is 62.1 Å². The predicted octanol–water partition coefficient (Wildman–Crippen LogP) is 13.0. The molecular formula is C50H31N5. The van der Waals surface area contributed by atoms with Crippen LogP contribution in [0.3, 0.4) is 0 Å². The zero-order chi connectivity index (χ0) is 36.7. The van der Waals surface area contributed by atoms with Gasteiger partial charge in [0.25, 0.3) is 0 Å². The second-order valence-corrected chi connectivity index (χ2v) is 13.6. The molecule has 0 aliphatic carbocycles. The Labute approximate surface area is 318 Å². The molecule has 2 heterocycles. The van der Waals surface area contributed by atoms with Gasteiger partial charge in [0.1, 0.15) is 0 Å². The second kappa shape index (κ2) is 13.4. The number of benzene rings is 8. The van der Waals surface area contributed by atoms with Crippen molar-refractivity contribution in [1.82, 2.24) is 19.5 Å². The van der Waals surface area contributed by atoms with E-state index in [-0.39, 0.29) is 0 Å². The summed E-state index contributed by atoms with van der Waals surface area (Å²) in [6, 6.07) is 64.8. The first-order chi connectivity index (χ1) is 27.2. The fourth-order valence-corrected chi connectivity index (χ4v) is 7.46. The first kappa shape index (κ1) is 32.0. The monoisotopic (exact) mass is 701 g/mol. The van der Waals surface area contributed by atoms with Gasteiger partial charge in [0, 0.05) is 27.8 Å². The highest BCUT2D eigenvalue weighted by Crippen LogP contribution is 2.38. The molecule has 0 spiro atoms. The van der Waals surface area contributed by atoms with Gasteiger partial charge in [0.15, 0.2) is 23.2 Å². The van der Waals surface area contributed by atoms with Crippen LogP contribution in [-0.4, -0.2) is 19.5 Å². The van der Waals surface area contributed by atoms with Crippen molar-refractivity contribution in [2.45, 2.75) is 0 Å². The van der Waals surface area contributed by atoms with Gasteiger partial charge in [-0.25, -0.2) is 19.8 Å². The molecule has 2 aromatic heterocycles.